The maximum atomic E-state index is 5.70. The van der Waals surface area contributed by atoms with E-state index in [1.54, 1.807) is 7.05 Å². The Bertz CT molecular complexity index is 427. The van der Waals surface area contributed by atoms with Gasteiger partial charge in [-0.05, 0) is 37.5 Å². The van der Waals surface area contributed by atoms with Gasteiger partial charge in [0.15, 0.2) is 5.96 Å². The van der Waals surface area contributed by atoms with Crippen LogP contribution in [0, 0.1) is 0 Å². The molecule has 1 saturated heterocycles. The van der Waals surface area contributed by atoms with Gasteiger partial charge in [0.1, 0.15) is 0 Å². The van der Waals surface area contributed by atoms with E-state index < -0.39 is 0 Å². The number of anilines is 1. The molecule has 2 rings (SSSR count). The van der Waals surface area contributed by atoms with Crippen molar-refractivity contribution in [3.8, 4) is 0 Å². The van der Waals surface area contributed by atoms with Crippen molar-refractivity contribution in [2.75, 3.05) is 25.0 Å². The summed E-state index contributed by atoms with van der Waals surface area (Å²) in [6, 6.07) is 8.84. The number of halogens is 1. The van der Waals surface area contributed by atoms with Crippen LogP contribution in [0.5, 0.6) is 0 Å². The Hall–Kier alpha value is -0.980. The molecule has 1 fully saturated rings. The number of hydrogen-bond acceptors (Lipinski definition) is 2. The molecular weight excluding hydrogens is 351 g/mol. The quantitative estimate of drug-likeness (QED) is 0.486. The second-order valence-electron chi connectivity index (χ2n) is 4.76. The molecule has 0 saturated carbocycles. The van der Waals surface area contributed by atoms with E-state index in [1.807, 2.05) is 0 Å². The fourth-order valence-corrected chi connectivity index (χ4v) is 2.34. The highest BCUT2D eigenvalue weighted by atomic mass is 127. The number of rotatable bonds is 3. The first-order chi connectivity index (χ1) is 8.70. The van der Waals surface area contributed by atoms with Crippen LogP contribution >= 0.6 is 24.0 Å². The minimum absolute atomic E-state index is 0. The third kappa shape index (κ3) is 4.26. The van der Waals surface area contributed by atoms with E-state index in [1.165, 1.54) is 37.2 Å². The van der Waals surface area contributed by atoms with E-state index in [0.717, 1.165) is 0 Å². The monoisotopic (exact) mass is 374 g/mol. The molecule has 1 unspecified atom stereocenters. The van der Waals surface area contributed by atoms with Crippen molar-refractivity contribution < 1.29 is 0 Å². The molecule has 19 heavy (non-hydrogen) atoms. The highest BCUT2D eigenvalue weighted by Crippen LogP contribution is 2.23. The molecule has 0 amide bonds. The second-order valence-corrected chi connectivity index (χ2v) is 4.76. The van der Waals surface area contributed by atoms with Crippen LogP contribution in [-0.4, -0.2) is 26.1 Å². The molecule has 1 aliphatic heterocycles. The maximum absolute atomic E-state index is 5.70. The van der Waals surface area contributed by atoms with Crippen LogP contribution in [0.2, 0.25) is 0 Å². The van der Waals surface area contributed by atoms with Gasteiger partial charge in [-0.1, -0.05) is 12.1 Å². The first kappa shape index (κ1) is 16.1. The molecule has 0 aliphatic carbocycles. The van der Waals surface area contributed by atoms with Gasteiger partial charge < -0.3 is 16.0 Å². The standard InChI is InChI=1S/C14H22N4.HI/c1-11(17-14(15)16-2)12-6-5-7-13(10-12)18-8-3-4-9-18;/h5-7,10-11H,3-4,8-9H2,1-2H3,(H3,15,16,17);1H. The average Bonchev–Trinajstić information content (AvgIpc) is 2.92. The maximum Gasteiger partial charge on any atom is 0.188 e. The van der Waals surface area contributed by atoms with Crippen molar-refractivity contribution in [1.82, 2.24) is 5.32 Å². The summed E-state index contributed by atoms with van der Waals surface area (Å²) < 4.78 is 0. The summed E-state index contributed by atoms with van der Waals surface area (Å²) in [5.41, 5.74) is 8.25. The fourth-order valence-electron chi connectivity index (χ4n) is 2.34. The van der Waals surface area contributed by atoms with E-state index in [0.29, 0.717) is 5.96 Å². The molecule has 1 heterocycles. The molecule has 0 spiro atoms. The predicted octanol–water partition coefficient (Wildman–Crippen LogP) is 2.50. The molecule has 3 N–H and O–H groups in total. The Kier molecular flexibility index (Phi) is 6.41. The van der Waals surface area contributed by atoms with Crippen LogP contribution in [0.3, 0.4) is 0 Å². The van der Waals surface area contributed by atoms with Crippen LogP contribution < -0.4 is 16.0 Å². The topological polar surface area (TPSA) is 53.6 Å². The highest BCUT2D eigenvalue weighted by molar-refractivity contribution is 14.0. The van der Waals surface area contributed by atoms with Crippen LogP contribution in [0.4, 0.5) is 5.69 Å². The SMILES string of the molecule is CN=C(N)NC(C)c1cccc(N2CCCC2)c1.I. The molecule has 0 bridgehead atoms. The zero-order valence-electron chi connectivity index (χ0n) is 11.6. The third-order valence-electron chi connectivity index (χ3n) is 3.45. The minimum atomic E-state index is 0. The van der Waals surface area contributed by atoms with E-state index in [9.17, 15) is 0 Å². The summed E-state index contributed by atoms with van der Waals surface area (Å²) in [5, 5.41) is 3.17. The van der Waals surface area contributed by atoms with E-state index in [2.05, 4.69) is 46.4 Å². The lowest BCUT2D eigenvalue weighted by Crippen LogP contribution is -2.33. The molecule has 106 valence electrons. The largest absolute Gasteiger partial charge is 0.372 e. The minimum Gasteiger partial charge on any atom is -0.372 e. The molecule has 1 aromatic rings. The second kappa shape index (κ2) is 7.57. The summed E-state index contributed by atoms with van der Waals surface area (Å²) in [6.07, 6.45) is 2.60. The molecule has 5 heteroatoms. The summed E-state index contributed by atoms with van der Waals surface area (Å²) in [6.45, 7) is 4.44. The zero-order chi connectivity index (χ0) is 13.0. The Morgan fingerprint density at radius 3 is 2.68 bits per heavy atom. The van der Waals surface area contributed by atoms with Gasteiger partial charge in [0.2, 0.25) is 0 Å². The van der Waals surface area contributed by atoms with Crippen LogP contribution in [0.25, 0.3) is 0 Å². The van der Waals surface area contributed by atoms with E-state index in [-0.39, 0.29) is 30.0 Å². The molecule has 1 aliphatic rings. The van der Waals surface area contributed by atoms with Crippen molar-refractivity contribution in [2.24, 2.45) is 10.7 Å². The third-order valence-corrected chi connectivity index (χ3v) is 3.45. The smallest absolute Gasteiger partial charge is 0.188 e. The van der Waals surface area contributed by atoms with E-state index in [4.69, 9.17) is 5.73 Å². The van der Waals surface area contributed by atoms with Crippen molar-refractivity contribution in [1.29, 1.82) is 0 Å². The number of aliphatic imine (C=N–C) groups is 1. The van der Waals surface area contributed by atoms with Gasteiger partial charge in [-0.3, -0.25) is 4.99 Å². The van der Waals surface area contributed by atoms with Crippen molar-refractivity contribution >= 4 is 35.6 Å². The number of nitrogens with one attached hydrogen (secondary N) is 1. The number of nitrogens with zero attached hydrogens (tertiary/aromatic N) is 2. The van der Waals surface area contributed by atoms with Gasteiger partial charge in [0.25, 0.3) is 0 Å². The molecular formula is C14H23IN4. The Labute approximate surface area is 132 Å². The number of hydrogen-bond donors (Lipinski definition) is 2. The first-order valence-corrected chi connectivity index (χ1v) is 6.54. The van der Waals surface area contributed by atoms with Crippen LogP contribution in [0.1, 0.15) is 31.4 Å². The molecule has 1 aromatic carbocycles. The normalized spacial score (nSPS) is 16.9. The molecule has 0 radical (unpaired) electrons. The van der Waals surface area contributed by atoms with Crippen molar-refractivity contribution in [2.45, 2.75) is 25.8 Å². The summed E-state index contributed by atoms with van der Waals surface area (Å²) in [5.74, 6) is 0.481. The van der Waals surface area contributed by atoms with Gasteiger partial charge in [-0.15, -0.1) is 24.0 Å². The Morgan fingerprint density at radius 2 is 2.05 bits per heavy atom. The number of nitrogens with two attached hydrogens (primary N) is 1. The van der Waals surface area contributed by atoms with Crippen molar-refractivity contribution in [3.05, 3.63) is 29.8 Å². The van der Waals surface area contributed by atoms with Gasteiger partial charge in [-0.25, -0.2) is 0 Å². The first-order valence-electron chi connectivity index (χ1n) is 6.54. The molecule has 4 nitrogen and oxygen atoms in total. The lowest BCUT2D eigenvalue weighted by atomic mass is 10.1. The predicted molar refractivity (Wildman–Crippen MR) is 92.4 cm³/mol. The number of benzene rings is 1. The van der Waals surface area contributed by atoms with Crippen LogP contribution in [0.15, 0.2) is 29.3 Å². The lowest BCUT2D eigenvalue weighted by Gasteiger charge is -2.20. The summed E-state index contributed by atoms with van der Waals surface area (Å²) >= 11 is 0. The number of guanidine groups is 1. The van der Waals surface area contributed by atoms with Crippen LogP contribution in [-0.2, 0) is 0 Å². The van der Waals surface area contributed by atoms with Gasteiger partial charge in [0.05, 0.1) is 6.04 Å². The van der Waals surface area contributed by atoms with Gasteiger partial charge in [-0.2, -0.15) is 0 Å². The lowest BCUT2D eigenvalue weighted by molar-refractivity contribution is 0.710. The Morgan fingerprint density at radius 1 is 1.37 bits per heavy atom. The zero-order valence-corrected chi connectivity index (χ0v) is 13.9. The molecule has 1 atom stereocenters. The average molecular weight is 374 g/mol. The van der Waals surface area contributed by atoms with Crippen molar-refractivity contribution in [3.63, 3.8) is 0 Å². The molecule has 0 aromatic heterocycles. The van der Waals surface area contributed by atoms with Gasteiger partial charge >= 0.3 is 0 Å². The summed E-state index contributed by atoms with van der Waals surface area (Å²) in [7, 11) is 1.69. The summed E-state index contributed by atoms with van der Waals surface area (Å²) in [4.78, 5) is 6.36. The van der Waals surface area contributed by atoms with E-state index >= 15 is 0 Å². The highest BCUT2D eigenvalue weighted by Gasteiger charge is 2.13. The fraction of sp³-hybridized carbons (Fsp3) is 0.500. The van der Waals surface area contributed by atoms with Gasteiger partial charge in [0, 0.05) is 25.8 Å². The Balaban J connectivity index is 0.00000180.